The van der Waals surface area contributed by atoms with Crippen molar-refractivity contribution in [3.63, 3.8) is 0 Å². The van der Waals surface area contributed by atoms with Crippen LogP contribution in [0.25, 0.3) is 0 Å². The molecule has 2 aromatic rings. The highest BCUT2D eigenvalue weighted by Gasteiger charge is 2.30. The minimum atomic E-state index is -0.773. The van der Waals surface area contributed by atoms with Crippen LogP contribution >= 0.6 is 0 Å². The summed E-state index contributed by atoms with van der Waals surface area (Å²) < 4.78 is 0. The molecule has 132 valence electrons. The van der Waals surface area contributed by atoms with E-state index in [0.29, 0.717) is 0 Å². The van der Waals surface area contributed by atoms with Crippen molar-refractivity contribution in [2.45, 2.75) is 26.8 Å². The van der Waals surface area contributed by atoms with E-state index in [2.05, 4.69) is 41.8 Å². The van der Waals surface area contributed by atoms with Gasteiger partial charge in [-0.2, -0.15) is 0 Å². The molecule has 25 heavy (non-hydrogen) atoms. The number of benzene rings is 2. The first kappa shape index (κ1) is 17.5. The van der Waals surface area contributed by atoms with E-state index in [1.54, 1.807) is 0 Å². The summed E-state index contributed by atoms with van der Waals surface area (Å²) in [5.41, 5.74) is 5.78. The molecular weight excluding hydrogens is 312 g/mol. The summed E-state index contributed by atoms with van der Waals surface area (Å²) in [5, 5.41) is 9.76. The Balaban J connectivity index is 1.73. The molecule has 0 radical (unpaired) electrons. The molecule has 4 heteroatoms. The summed E-state index contributed by atoms with van der Waals surface area (Å²) in [6, 6.07) is 13.8. The van der Waals surface area contributed by atoms with Crippen LogP contribution in [0.3, 0.4) is 0 Å². The fraction of sp³-hybridized carbons (Fsp3) is 0.381. The monoisotopic (exact) mass is 338 g/mol. The maximum atomic E-state index is 11.9. The van der Waals surface area contributed by atoms with E-state index in [0.717, 1.165) is 37.3 Å². The molecule has 0 unspecified atom stereocenters. The highest BCUT2D eigenvalue weighted by atomic mass is 16.4. The van der Waals surface area contributed by atoms with Crippen molar-refractivity contribution < 1.29 is 9.90 Å². The van der Waals surface area contributed by atoms with E-state index < -0.39 is 12.0 Å². The van der Waals surface area contributed by atoms with Gasteiger partial charge in [-0.1, -0.05) is 35.9 Å². The highest BCUT2D eigenvalue weighted by molar-refractivity contribution is 5.75. The summed E-state index contributed by atoms with van der Waals surface area (Å²) in [7, 11) is 0. The zero-order chi connectivity index (χ0) is 18.0. The van der Waals surface area contributed by atoms with Crippen molar-refractivity contribution >= 4 is 11.7 Å². The van der Waals surface area contributed by atoms with Gasteiger partial charge < -0.3 is 10.0 Å². The minimum absolute atomic E-state index is 0.568. The Hall–Kier alpha value is -2.33. The molecule has 4 nitrogen and oxygen atoms in total. The van der Waals surface area contributed by atoms with Gasteiger partial charge in [0.25, 0.3) is 0 Å². The fourth-order valence-electron chi connectivity index (χ4n) is 3.51. The first-order valence-electron chi connectivity index (χ1n) is 8.81. The number of nitrogens with zero attached hydrogens (tertiary/aromatic N) is 2. The lowest BCUT2D eigenvalue weighted by Gasteiger charge is -2.39. The Bertz CT molecular complexity index is 764. The molecular formula is C21H26N2O2. The first-order chi connectivity index (χ1) is 12.0. The van der Waals surface area contributed by atoms with E-state index in [1.807, 2.05) is 31.2 Å². The van der Waals surface area contributed by atoms with Gasteiger partial charge in [0.05, 0.1) is 0 Å². The van der Waals surface area contributed by atoms with E-state index >= 15 is 0 Å². The van der Waals surface area contributed by atoms with Gasteiger partial charge in [-0.25, -0.2) is 0 Å². The van der Waals surface area contributed by atoms with Crippen LogP contribution in [0.5, 0.6) is 0 Å². The number of carbonyl (C=O) groups is 1. The predicted octanol–water partition coefficient (Wildman–Crippen LogP) is 3.56. The molecule has 0 spiro atoms. The molecule has 1 saturated heterocycles. The van der Waals surface area contributed by atoms with E-state index in [9.17, 15) is 9.90 Å². The summed E-state index contributed by atoms with van der Waals surface area (Å²) in [5.74, 6) is -0.773. The third-order valence-corrected chi connectivity index (χ3v) is 5.13. The molecule has 1 heterocycles. The van der Waals surface area contributed by atoms with Crippen LogP contribution in [0.15, 0.2) is 42.5 Å². The number of rotatable bonds is 4. The van der Waals surface area contributed by atoms with Gasteiger partial charge in [0, 0.05) is 31.9 Å². The number of anilines is 1. The first-order valence-corrected chi connectivity index (χ1v) is 8.81. The summed E-state index contributed by atoms with van der Waals surface area (Å²) in [6.45, 7) is 9.44. The van der Waals surface area contributed by atoms with Gasteiger partial charge in [0.2, 0.25) is 0 Å². The second-order valence-electron chi connectivity index (χ2n) is 6.95. The minimum Gasteiger partial charge on any atom is -0.480 e. The molecule has 1 atom stereocenters. The number of hydrogen-bond acceptors (Lipinski definition) is 3. The third kappa shape index (κ3) is 3.85. The highest BCUT2D eigenvalue weighted by Crippen LogP contribution is 2.26. The molecule has 1 N–H and O–H groups in total. The summed E-state index contributed by atoms with van der Waals surface area (Å²) >= 11 is 0. The molecule has 1 aliphatic rings. The quantitative estimate of drug-likeness (QED) is 0.926. The van der Waals surface area contributed by atoms with Crippen molar-refractivity contribution in [3.05, 3.63) is 64.7 Å². The number of piperazine rings is 1. The number of aliphatic carboxylic acids is 1. The van der Waals surface area contributed by atoms with Crippen LogP contribution in [0, 0.1) is 20.8 Å². The van der Waals surface area contributed by atoms with Gasteiger partial charge in [-0.3, -0.25) is 9.69 Å². The molecule has 1 aliphatic heterocycles. The van der Waals surface area contributed by atoms with Gasteiger partial charge in [0.15, 0.2) is 0 Å². The van der Waals surface area contributed by atoms with Crippen LogP contribution in [-0.2, 0) is 4.79 Å². The standard InChI is InChI=1S/C21H26N2O2/c1-15-5-4-6-18(13-15)20(21(24)25)23-11-9-22(10-12-23)19-8-7-16(2)17(3)14-19/h4-8,13-14,20H,9-12H2,1-3H3,(H,24,25)/t20-/m1/s1. The number of hydrogen-bond donors (Lipinski definition) is 1. The van der Waals surface area contributed by atoms with Crippen molar-refractivity contribution in [2.24, 2.45) is 0 Å². The second-order valence-corrected chi connectivity index (χ2v) is 6.95. The SMILES string of the molecule is Cc1cccc([C@H](C(=O)O)N2CCN(c3ccc(C)c(C)c3)CC2)c1. The van der Waals surface area contributed by atoms with Crippen LogP contribution in [0.2, 0.25) is 0 Å². The molecule has 2 aromatic carbocycles. The molecule has 3 rings (SSSR count). The normalized spacial score (nSPS) is 16.7. The van der Waals surface area contributed by atoms with Crippen LogP contribution in [0.1, 0.15) is 28.3 Å². The smallest absolute Gasteiger partial charge is 0.325 e. The van der Waals surface area contributed by atoms with E-state index in [-0.39, 0.29) is 0 Å². The lowest BCUT2D eigenvalue weighted by molar-refractivity contribution is -0.143. The number of carboxylic acid groups (broad SMARTS) is 1. The van der Waals surface area contributed by atoms with Crippen molar-refractivity contribution in [1.29, 1.82) is 0 Å². The topological polar surface area (TPSA) is 43.8 Å². The van der Waals surface area contributed by atoms with Gasteiger partial charge in [0.1, 0.15) is 6.04 Å². The Morgan fingerprint density at radius 1 is 0.960 bits per heavy atom. The molecule has 0 aliphatic carbocycles. The van der Waals surface area contributed by atoms with Crippen LogP contribution in [-0.4, -0.2) is 42.2 Å². The summed E-state index contributed by atoms with van der Waals surface area (Å²) in [6.07, 6.45) is 0. The average molecular weight is 338 g/mol. The van der Waals surface area contributed by atoms with Crippen LogP contribution < -0.4 is 4.90 Å². The van der Waals surface area contributed by atoms with Crippen molar-refractivity contribution in [1.82, 2.24) is 4.90 Å². The molecule has 1 fully saturated rings. The molecule has 0 aromatic heterocycles. The van der Waals surface area contributed by atoms with Gasteiger partial charge in [-0.05, 0) is 49.6 Å². The van der Waals surface area contributed by atoms with E-state index in [1.165, 1.54) is 16.8 Å². The van der Waals surface area contributed by atoms with E-state index in [4.69, 9.17) is 0 Å². The van der Waals surface area contributed by atoms with Gasteiger partial charge >= 0.3 is 5.97 Å². The summed E-state index contributed by atoms with van der Waals surface area (Å²) in [4.78, 5) is 16.3. The zero-order valence-corrected chi connectivity index (χ0v) is 15.2. The third-order valence-electron chi connectivity index (χ3n) is 5.13. The predicted molar refractivity (Wildman–Crippen MR) is 101 cm³/mol. The van der Waals surface area contributed by atoms with Gasteiger partial charge in [-0.15, -0.1) is 0 Å². The number of carboxylic acids is 1. The van der Waals surface area contributed by atoms with Crippen molar-refractivity contribution in [3.8, 4) is 0 Å². The van der Waals surface area contributed by atoms with Crippen LogP contribution in [0.4, 0.5) is 5.69 Å². The Kier molecular flexibility index (Phi) is 5.09. The Labute approximate surface area is 149 Å². The lowest BCUT2D eigenvalue weighted by atomic mass is 10.0. The molecule has 0 bridgehead atoms. The molecule has 0 amide bonds. The zero-order valence-electron chi connectivity index (χ0n) is 15.2. The maximum Gasteiger partial charge on any atom is 0.325 e. The average Bonchev–Trinajstić information content (AvgIpc) is 2.58. The maximum absolute atomic E-state index is 11.9. The second kappa shape index (κ2) is 7.28. The number of aryl methyl sites for hydroxylation is 3. The largest absolute Gasteiger partial charge is 0.480 e. The van der Waals surface area contributed by atoms with Crippen molar-refractivity contribution in [2.75, 3.05) is 31.1 Å². The fourth-order valence-corrected chi connectivity index (χ4v) is 3.51. The molecule has 0 saturated carbocycles. The Morgan fingerprint density at radius 3 is 2.28 bits per heavy atom. The Morgan fingerprint density at radius 2 is 1.68 bits per heavy atom. The lowest BCUT2D eigenvalue weighted by Crippen LogP contribution is -2.49.